The summed E-state index contributed by atoms with van der Waals surface area (Å²) in [5.74, 6) is -0.309. The molecule has 2 atom stereocenters. The van der Waals surface area contributed by atoms with Gasteiger partial charge >= 0.3 is 20.2 Å². The molecule has 0 saturated carbocycles. The average Bonchev–Trinajstić information content (AvgIpc) is 2.30. The fourth-order valence-corrected chi connectivity index (χ4v) is 8.88. The lowest BCUT2D eigenvalue weighted by Gasteiger charge is -2.55. The Bertz CT molecular complexity index is 466. The van der Waals surface area contributed by atoms with Gasteiger partial charge in [0.1, 0.15) is 0 Å². The molecule has 2 unspecified atom stereocenters. The summed E-state index contributed by atoms with van der Waals surface area (Å²) >= 11 is 4.14. The number of hydrogen-bond donors (Lipinski definition) is 5. The molecule has 4 N–H and O–H groups in total. The second kappa shape index (κ2) is 6.85. The van der Waals surface area contributed by atoms with Crippen molar-refractivity contribution in [1.82, 2.24) is 0 Å². The molecule has 132 valence electrons. The van der Waals surface area contributed by atoms with Crippen LogP contribution in [0.15, 0.2) is 0 Å². The number of likely N-dealkylation sites (tertiary alicyclic amines) is 1. The summed E-state index contributed by atoms with van der Waals surface area (Å²) in [5, 5.41) is -2.37. The van der Waals surface area contributed by atoms with Crippen molar-refractivity contribution >= 4 is 27.8 Å². The van der Waals surface area contributed by atoms with Gasteiger partial charge < -0.3 is 24.1 Å². The molecular weight excluding hydrogens is 348 g/mol. The summed E-state index contributed by atoms with van der Waals surface area (Å²) in [6.07, 6.45) is 2.47. The molecule has 0 amide bonds. The van der Waals surface area contributed by atoms with Crippen molar-refractivity contribution in [3.63, 3.8) is 0 Å². The molecule has 0 aliphatic carbocycles. The largest absolute Gasteiger partial charge is 0.398 e. The molecule has 1 heterocycles. The zero-order chi connectivity index (χ0) is 17.4. The third-order valence-electron chi connectivity index (χ3n) is 4.98. The molecule has 0 aromatic rings. The maximum atomic E-state index is 12.3. The zero-order valence-electron chi connectivity index (χ0n) is 13.3. The Hall–Kier alpha value is 0.610. The van der Waals surface area contributed by atoms with Gasteiger partial charge in [-0.25, -0.2) is 0 Å². The van der Waals surface area contributed by atoms with Gasteiger partial charge in [0.15, 0.2) is 0 Å². The predicted molar refractivity (Wildman–Crippen MR) is 88.8 cm³/mol. The van der Waals surface area contributed by atoms with Gasteiger partial charge in [-0.1, -0.05) is 6.92 Å². The molecule has 0 spiro atoms. The van der Waals surface area contributed by atoms with E-state index in [9.17, 15) is 28.7 Å². The SMILES string of the molecule is CC(CCCS)C1CCC[N+](C)(C)C1(P(=O)(O)O)P(=O)(O)O. The van der Waals surface area contributed by atoms with Gasteiger partial charge in [-0.15, -0.1) is 0 Å². The van der Waals surface area contributed by atoms with Crippen LogP contribution in [0.4, 0.5) is 0 Å². The van der Waals surface area contributed by atoms with E-state index in [0.29, 0.717) is 31.6 Å². The van der Waals surface area contributed by atoms with Gasteiger partial charge in [0.2, 0.25) is 0 Å². The summed E-state index contributed by atoms with van der Waals surface area (Å²) in [6, 6.07) is 0. The third-order valence-corrected chi connectivity index (χ3v) is 10.3. The molecule has 22 heavy (non-hydrogen) atoms. The lowest BCUT2D eigenvalue weighted by Crippen LogP contribution is -2.66. The van der Waals surface area contributed by atoms with Gasteiger partial charge in [0, 0.05) is 5.92 Å². The van der Waals surface area contributed by atoms with Gasteiger partial charge in [-0.3, -0.25) is 9.13 Å². The van der Waals surface area contributed by atoms with E-state index in [2.05, 4.69) is 12.6 Å². The molecule has 1 aliphatic rings. The Kier molecular flexibility index (Phi) is 6.43. The lowest BCUT2D eigenvalue weighted by atomic mass is 9.82. The summed E-state index contributed by atoms with van der Waals surface area (Å²) in [5.41, 5.74) is 0. The molecule has 0 radical (unpaired) electrons. The molecule has 1 aliphatic heterocycles. The normalized spacial score (nSPS) is 26.6. The highest BCUT2D eigenvalue weighted by atomic mass is 32.1. The molecule has 7 nitrogen and oxygen atoms in total. The van der Waals surface area contributed by atoms with Crippen LogP contribution >= 0.6 is 27.8 Å². The monoisotopic (exact) mass is 376 g/mol. The number of rotatable bonds is 6. The van der Waals surface area contributed by atoms with E-state index in [1.807, 2.05) is 6.92 Å². The highest BCUT2D eigenvalue weighted by Gasteiger charge is 2.76. The van der Waals surface area contributed by atoms with Crippen molar-refractivity contribution < 1.29 is 33.2 Å². The number of hydrogen-bond acceptors (Lipinski definition) is 3. The van der Waals surface area contributed by atoms with Crippen LogP contribution in [-0.2, 0) is 9.13 Å². The van der Waals surface area contributed by atoms with Gasteiger partial charge in [0.05, 0.1) is 20.6 Å². The predicted octanol–water partition coefficient (Wildman–Crippen LogP) is 1.83. The molecule has 0 bridgehead atoms. The van der Waals surface area contributed by atoms with Crippen LogP contribution in [0.1, 0.15) is 32.6 Å². The van der Waals surface area contributed by atoms with E-state index in [4.69, 9.17) is 0 Å². The van der Waals surface area contributed by atoms with Crippen molar-refractivity contribution in [2.75, 3.05) is 26.4 Å². The van der Waals surface area contributed by atoms with E-state index in [1.165, 1.54) is 14.1 Å². The fourth-order valence-electron chi connectivity index (χ4n) is 4.10. The number of quaternary nitrogens is 1. The number of nitrogens with zero attached hydrogens (tertiary/aromatic N) is 1. The lowest BCUT2D eigenvalue weighted by molar-refractivity contribution is -0.924. The molecule has 1 saturated heterocycles. The van der Waals surface area contributed by atoms with E-state index < -0.39 is 26.1 Å². The minimum Gasteiger partial charge on any atom is -0.320 e. The van der Waals surface area contributed by atoms with Gasteiger partial charge in [-0.2, -0.15) is 12.6 Å². The Morgan fingerprint density at radius 1 is 1.23 bits per heavy atom. The maximum Gasteiger partial charge on any atom is 0.398 e. The van der Waals surface area contributed by atoms with E-state index in [-0.39, 0.29) is 10.4 Å². The number of thiol groups is 1. The van der Waals surface area contributed by atoms with Crippen LogP contribution in [0.5, 0.6) is 0 Å². The highest BCUT2D eigenvalue weighted by molar-refractivity contribution is 7.80. The number of piperidine rings is 1. The van der Waals surface area contributed by atoms with Crippen LogP contribution in [0.25, 0.3) is 0 Å². The van der Waals surface area contributed by atoms with Gasteiger partial charge in [0.25, 0.3) is 0 Å². The summed E-state index contributed by atoms with van der Waals surface area (Å²) in [6.45, 7) is 2.14. The Morgan fingerprint density at radius 3 is 2.14 bits per heavy atom. The smallest absolute Gasteiger partial charge is 0.320 e. The molecule has 1 fully saturated rings. The second-order valence-electron chi connectivity index (χ2n) is 6.78. The van der Waals surface area contributed by atoms with E-state index >= 15 is 0 Å². The minimum absolute atomic E-state index is 0.204. The van der Waals surface area contributed by atoms with Crippen LogP contribution in [0.2, 0.25) is 0 Å². The first-order chi connectivity index (χ1) is 9.83. The first-order valence-electron chi connectivity index (χ1n) is 7.38. The molecule has 1 rings (SSSR count). The van der Waals surface area contributed by atoms with Crippen molar-refractivity contribution in [2.24, 2.45) is 11.8 Å². The molecule has 0 aromatic heterocycles. The second-order valence-corrected chi connectivity index (χ2v) is 11.1. The topological polar surface area (TPSA) is 115 Å². The molecular formula is C12H28NO6P2S+. The molecule has 10 heteroatoms. The minimum atomic E-state index is -5.07. The Morgan fingerprint density at radius 2 is 1.73 bits per heavy atom. The van der Waals surface area contributed by atoms with E-state index in [0.717, 1.165) is 6.42 Å². The third kappa shape index (κ3) is 3.35. The first-order valence-corrected chi connectivity index (χ1v) is 11.2. The average molecular weight is 376 g/mol. The van der Waals surface area contributed by atoms with Crippen LogP contribution in [-0.4, -0.2) is 55.5 Å². The maximum absolute atomic E-state index is 12.3. The Labute approximate surface area is 137 Å². The Balaban J connectivity index is 3.52. The molecule has 0 aromatic carbocycles. The standard InChI is InChI=1S/C12H27NO6P2S/c1-10(6-5-9-22)11-7-4-8-13(2,3)12(11,20(14,15)16)21(17,18)19/h10-11H,4-9H2,1-3H3,(H4-,14,15,16,17,18,19,22)/p+1. The highest BCUT2D eigenvalue weighted by Crippen LogP contribution is 2.77. The van der Waals surface area contributed by atoms with Crippen molar-refractivity contribution in [3.8, 4) is 0 Å². The summed E-state index contributed by atoms with van der Waals surface area (Å²) in [4.78, 5) is 40.0. The van der Waals surface area contributed by atoms with Crippen LogP contribution in [0.3, 0.4) is 0 Å². The van der Waals surface area contributed by atoms with Crippen LogP contribution < -0.4 is 0 Å². The fraction of sp³-hybridized carbons (Fsp3) is 1.00. The summed E-state index contributed by atoms with van der Waals surface area (Å²) < 4.78 is 24.3. The van der Waals surface area contributed by atoms with E-state index in [1.54, 1.807) is 0 Å². The van der Waals surface area contributed by atoms with Crippen molar-refractivity contribution in [2.45, 2.75) is 37.6 Å². The van der Waals surface area contributed by atoms with Crippen molar-refractivity contribution in [3.05, 3.63) is 0 Å². The first kappa shape index (κ1) is 20.7. The van der Waals surface area contributed by atoms with Crippen molar-refractivity contribution in [1.29, 1.82) is 0 Å². The summed E-state index contributed by atoms with van der Waals surface area (Å²) in [7, 11) is -7.12. The van der Waals surface area contributed by atoms with Gasteiger partial charge in [-0.05, 0) is 37.4 Å². The van der Waals surface area contributed by atoms with Crippen LogP contribution in [0, 0.1) is 11.8 Å². The quantitative estimate of drug-likeness (QED) is 0.274. The zero-order valence-corrected chi connectivity index (χ0v) is 16.0.